The summed E-state index contributed by atoms with van der Waals surface area (Å²) in [5, 5.41) is 10.7. The van der Waals surface area contributed by atoms with Crippen molar-refractivity contribution in [3.05, 3.63) is 0 Å². The van der Waals surface area contributed by atoms with Gasteiger partial charge in [0.25, 0.3) is 0 Å². The number of aliphatic hydroxyl groups excluding tert-OH is 1. The van der Waals surface area contributed by atoms with E-state index in [2.05, 4.69) is 41.5 Å². The van der Waals surface area contributed by atoms with Crippen LogP contribution >= 0.6 is 15.6 Å². The molecule has 0 radical (unpaired) electrons. The van der Waals surface area contributed by atoms with Crippen LogP contribution in [-0.2, 0) is 65.4 Å². The average Bonchev–Trinajstić information content (AvgIpc) is 0.910. The SMILES string of the molecule is CCCCCCCCCCCCCCCCC(=O)O[C@H](COC(=O)CCCCCCCCCCCCCCC)COP(=O)(O)OC[C@H](O)COP(=O)(O)OC[C@@H](COC(=O)CCCCCCCCCCCCCCCCC(C)C)OC(=O)CCCCCCCCCCCCCCCCCCCCC(C)C. The first-order valence-electron chi connectivity index (χ1n) is 44.5. The van der Waals surface area contributed by atoms with Gasteiger partial charge in [-0.1, -0.05) is 408 Å². The Kier molecular flexibility index (Phi) is 76.0. The zero-order valence-electron chi connectivity index (χ0n) is 69.0. The molecule has 0 saturated heterocycles. The van der Waals surface area contributed by atoms with E-state index in [0.29, 0.717) is 25.7 Å². The Morgan fingerprint density at radius 1 is 0.257 bits per heavy atom. The average molecular weight is 1540 g/mol. The fourth-order valence-corrected chi connectivity index (χ4v) is 15.0. The van der Waals surface area contributed by atoms with Crippen LogP contribution in [0.25, 0.3) is 0 Å². The molecule has 0 amide bonds. The Hall–Kier alpha value is -1.94. The van der Waals surface area contributed by atoms with Crippen molar-refractivity contribution < 1.29 is 80.2 Å². The summed E-state index contributed by atoms with van der Waals surface area (Å²) >= 11 is 0. The van der Waals surface area contributed by atoms with Crippen molar-refractivity contribution in [1.82, 2.24) is 0 Å². The van der Waals surface area contributed by atoms with Crippen LogP contribution in [0.2, 0.25) is 0 Å². The summed E-state index contributed by atoms with van der Waals surface area (Å²) in [7, 11) is -9.93. The van der Waals surface area contributed by atoms with Gasteiger partial charge in [-0.15, -0.1) is 0 Å². The van der Waals surface area contributed by atoms with Gasteiger partial charge in [-0.25, -0.2) is 9.13 Å². The van der Waals surface area contributed by atoms with Gasteiger partial charge in [0.05, 0.1) is 26.4 Å². The Bertz CT molecular complexity index is 2010. The topological polar surface area (TPSA) is 237 Å². The lowest BCUT2D eigenvalue weighted by Gasteiger charge is -2.21. The van der Waals surface area contributed by atoms with Crippen molar-refractivity contribution in [2.45, 2.75) is 477 Å². The predicted molar refractivity (Wildman–Crippen MR) is 432 cm³/mol. The normalized spacial score (nSPS) is 13.8. The number of hydrogen-bond donors (Lipinski definition) is 3. The maximum Gasteiger partial charge on any atom is 0.472 e. The third kappa shape index (κ3) is 79.9. The summed E-state index contributed by atoms with van der Waals surface area (Å²) < 4.78 is 68.9. The molecular weight excluding hydrogens is 1370 g/mol. The van der Waals surface area contributed by atoms with Crippen LogP contribution < -0.4 is 0 Å². The molecule has 5 atom stereocenters. The molecule has 0 spiro atoms. The minimum absolute atomic E-state index is 0.109. The summed E-state index contributed by atoms with van der Waals surface area (Å²) in [5.41, 5.74) is 0. The number of rotatable bonds is 85. The third-order valence-electron chi connectivity index (χ3n) is 20.2. The van der Waals surface area contributed by atoms with E-state index in [1.54, 1.807) is 0 Å². The van der Waals surface area contributed by atoms with E-state index in [-0.39, 0.29) is 25.7 Å². The van der Waals surface area contributed by atoms with Crippen molar-refractivity contribution in [3.63, 3.8) is 0 Å². The van der Waals surface area contributed by atoms with Crippen molar-refractivity contribution in [1.29, 1.82) is 0 Å². The quantitative estimate of drug-likeness (QED) is 0.0222. The van der Waals surface area contributed by atoms with E-state index in [9.17, 15) is 43.2 Å². The monoisotopic (exact) mass is 1540 g/mol. The first-order chi connectivity index (χ1) is 50.9. The van der Waals surface area contributed by atoms with Crippen LogP contribution in [-0.4, -0.2) is 96.7 Å². The number of carbonyl (C=O) groups is 4. The molecule has 0 saturated carbocycles. The molecule has 0 aromatic heterocycles. The van der Waals surface area contributed by atoms with Gasteiger partial charge in [0.15, 0.2) is 12.2 Å². The highest BCUT2D eigenvalue weighted by atomic mass is 31.2. The van der Waals surface area contributed by atoms with E-state index in [0.717, 1.165) is 102 Å². The number of hydrogen-bond acceptors (Lipinski definition) is 15. The van der Waals surface area contributed by atoms with Gasteiger partial charge in [-0.3, -0.25) is 37.3 Å². The fourth-order valence-electron chi connectivity index (χ4n) is 13.4. The Balaban J connectivity index is 5.25. The van der Waals surface area contributed by atoms with Crippen LogP contribution in [0.3, 0.4) is 0 Å². The summed E-state index contributed by atoms with van der Waals surface area (Å²) in [4.78, 5) is 73.3. The molecule has 0 fully saturated rings. The molecule has 0 rings (SSSR count). The van der Waals surface area contributed by atoms with Crippen LogP contribution in [0, 0.1) is 11.8 Å². The molecule has 0 aliphatic heterocycles. The highest BCUT2D eigenvalue weighted by Gasteiger charge is 2.30. The Labute approximate surface area is 645 Å². The number of esters is 4. The van der Waals surface area contributed by atoms with Gasteiger partial charge in [0.2, 0.25) is 0 Å². The van der Waals surface area contributed by atoms with Gasteiger partial charge < -0.3 is 33.8 Å². The predicted octanol–water partition coefficient (Wildman–Crippen LogP) is 26.2. The van der Waals surface area contributed by atoms with Gasteiger partial charge in [0.1, 0.15) is 19.3 Å². The molecule has 0 aliphatic rings. The first kappa shape index (κ1) is 103. The maximum atomic E-state index is 13.1. The molecule has 0 heterocycles. The van der Waals surface area contributed by atoms with Gasteiger partial charge in [-0.2, -0.15) is 0 Å². The zero-order valence-corrected chi connectivity index (χ0v) is 70.8. The summed E-state index contributed by atoms with van der Waals surface area (Å²) in [5.74, 6) is -0.479. The molecule has 0 aromatic carbocycles. The largest absolute Gasteiger partial charge is 0.472 e. The van der Waals surface area contributed by atoms with E-state index < -0.39 is 97.5 Å². The molecule has 17 nitrogen and oxygen atoms in total. The standard InChI is InChI=1S/C86H168O17P2/c1-7-9-11-13-15-17-19-21-33-40-46-52-58-64-70-85(90)102-81(74-96-83(88)68-62-56-50-44-38-30-20-18-16-14-12-10-8-2)76-100-104(92,93)98-72-80(87)73-99-105(94,95)101-77-82(75-97-84(89)69-63-57-51-45-39-34-29-28-32-37-43-49-55-61-67-79(5)6)103-86(91)71-65-59-53-47-41-35-27-25-23-22-24-26-31-36-42-48-54-60-66-78(3)4/h78-82,87H,7-77H2,1-6H3,(H,92,93)(H,94,95)/t80-,81+,82+/m0/s1. The van der Waals surface area contributed by atoms with Crippen LogP contribution in [0.4, 0.5) is 0 Å². The van der Waals surface area contributed by atoms with Crippen LogP contribution in [0.1, 0.15) is 459 Å². The van der Waals surface area contributed by atoms with Crippen molar-refractivity contribution in [2.75, 3.05) is 39.6 Å². The van der Waals surface area contributed by atoms with Crippen molar-refractivity contribution in [3.8, 4) is 0 Å². The molecular formula is C86H168O17P2. The highest BCUT2D eigenvalue weighted by Crippen LogP contribution is 2.45. The van der Waals surface area contributed by atoms with Gasteiger partial charge in [0, 0.05) is 25.7 Å². The molecule has 0 aromatic rings. The molecule has 3 N–H and O–H groups in total. The number of carbonyl (C=O) groups excluding carboxylic acids is 4. The second-order valence-corrected chi connectivity index (χ2v) is 34.8. The third-order valence-corrected chi connectivity index (χ3v) is 22.1. The molecule has 19 heteroatoms. The van der Waals surface area contributed by atoms with Crippen molar-refractivity contribution >= 4 is 39.5 Å². The van der Waals surface area contributed by atoms with Gasteiger partial charge in [-0.05, 0) is 37.5 Å². The maximum absolute atomic E-state index is 13.1. The lowest BCUT2D eigenvalue weighted by atomic mass is 10.0. The molecule has 0 aliphatic carbocycles. The highest BCUT2D eigenvalue weighted by molar-refractivity contribution is 7.47. The summed E-state index contributed by atoms with van der Waals surface area (Å²) in [6.07, 6.45) is 69.3. The summed E-state index contributed by atoms with van der Waals surface area (Å²) in [6.45, 7) is 9.74. The van der Waals surface area contributed by atoms with Crippen LogP contribution in [0.5, 0.6) is 0 Å². The lowest BCUT2D eigenvalue weighted by Crippen LogP contribution is -2.30. The molecule has 0 bridgehead atoms. The smallest absolute Gasteiger partial charge is 0.462 e. The van der Waals surface area contributed by atoms with E-state index in [4.69, 9.17) is 37.0 Å². The number of aliphatic hydroxyl groups is 1. The van der Waals surface area contributed by atoms with Gasteiger partial charge >= 0.3 is 39.5 Å². The second kappa shape index (κ2) is 77.4. The molecule has 624 valence electrons. The number of phosphoric ester groups is 2. The number of unbranched alkanes of at least 4 members (excludes halogenated alkanes) is 55. The van der Waals surface area contributed by atoms with E-state index in [1.165, 1.54) is 276 Å². The second-order valence-electron chi connectivity index (χ2n) is 31.9. The molecule has 105 heavy (non-hydrogen) atoms. The summed E-state index contributed by atoms with van der Waals surface area (Å²) in [6, 6.07) is 0. The zero-order chi connectivity index (χ0) is 77.1. The number of ether oxygens (including phenoxy) is 4. The van der Waals surface area contributed by atoms with E-state index >= 15 is 0 Å². The van der Waals surface area contributed by atoms with Crippen molar-refractivity contribution in [2.24, 2.45) is 11.8 Å². The lowest BCUT2D eigenvalue weighted by molar-refractivity contribution is -0.161. The minimum atomic E-state index is -4.97. The Morgan fingerprint density at radius 3 is 0.648 bits per heavy atom. The van der Waals surface area contributed by atoms with Crippen LogP contribution in [0.15, 0.2) is 0 Å². The minimum Gasteiger partial charge on any atom is -0.462 e. The first-order valence-corrected chi connectivity index (χ1v) is 47.5. The number of phosphoric acid groups is 2. The molecule has 2 unspecified atom stereocenters. The van der Waals surface area contributed by atoms with E-state index in [1.807, 2.05) is 0 Å². The fraction of sp³-hybridized carbons (Fsp3) is 0.953. The Morgan fingerprint density at radius 2 is 0.438 bits per heavy atom.